The molecule has 0 aromatic heterocycles. The summed E-state index contributed by atoms with van der Waals surface area (Å²) in [7, 11) is 0. The minimum absolute atomic E-state index is 0.340. The minimum atomic E-state index is 0.340. The summed E-state index contributed by atoms with van der Waals surface area (Å²) in [6.07, 6.45) is 28.6. The molecule has 0 aliphatic heterocycles. The first-order valence-corrected chi connectivity index (χ1v) is 11.4. The van der Waals surface area contributed by atoms with Crippen molar-refractivity contribution in [3.05, 3.63) is 12.0 Å². The van der Waals surface area contributed by atoms with E-state index in [-0.39, 0.29) is 0 Å². The van der Waals surface area contributed by atoms with Crippen LogP contribution in [0.25, 0.3) is 0 Å². The van der Waals surface area contributed by atoms with Crippen LogP contribution in [0.15, 0.2) is 12.0 Å². The van der Waals surface area contributed by atoms with Crippen LogP contribution in [0, 0.1) is 0 Å². The average molecular weight is 354 g/mol. The summed E-state index contributed by atoms with van der Waals surface area (Å²) in [6.45, 7) is 2.29. The van der Waals surface area contributed by atoms with Crippen LogP contribution in [0.2, 0.25) is 0 Å². The van der Waals surface area contributed by atoms with Gasteiger partial charge in [0.05, 0.1) is 0 Å². The Labute approximate surface area is 158 Å². The molecule has 3 N–H and O–H groups in total. The van der Waals surface area contributed by atoms with Gasteiger partial charge >= 0.3 is 0 Å². The monoisotopic (exact) mass is 353 g/mol. The van der Waals surface area contributed by atoms with Gasteiger partial charge in [0.15, 0.2) is 0 Å². The first kappa shape index (κ1) is 24.3. The molecule has 0 aliphatic carbocycles. The van der Waals surface area contributed by atoms with Gasteiger partial charge in [0.2, 0.25) is 0 Å². The second-order valence-electron chi connectivity index (χ2n) is 7.77. The molecular formula is C23H47NO. The van der Waals surface area contributed by atoms with Crippen molar-refractivity contribution in [2.24, 2.45) is 5.73 Å². The van der Waals surface area contributed by atoms with Crippen molar-refractivity contribution in [3.8, 4) is 0 Å². The molecule has 0 unspecified atom stereocenters. The average Bonchev–Trinajstić information content (AvgIpc) is 2.63. The van der Waals surface area contributed by atoms with Crippen molar-refractivity contribution in [1.82, 2.24) is 0 Å². The van der Waals surface area contributed by atoms with Crippen LogP contribution in [0.4, 0.5) is 0 Å². The number of nitrogens with two attached hydrogens (primary N) is 1. The molecule has 0 aliphatic rings. The van der Waals surface area contributed by atoms with Gasteiger partial charge in [0.1, 0.15) is 5.76 Å². The van der Waals surface area contributed by atoms with E-state index in [1.165, 1.54) is 122 Å². The third kappa shape index (κ3) is 21.3. The standard InChI is InChI=1S/C23H47NO/c1-2-3-4-5-6-7-8-9-10-11-12-13-14-15-16-17-18-19-20-21-23(25)22-24/h22,25H,2-21,24H2,1H3. The quantitative estimate of drug-likeness (QED) is 0.171. The number of aliphatic hydroxyl groups excluding tert-OH is 1. The number of rotatable bonds is 20. The molecule has 0 amide bonds. The summed E-state index contributed by atoms with van der Waals surface area (Å²) in [5.41, 5.74) is 5.24. The maximum absolute atomic E-state index is 9.24. The highest BCUT2D eigenvalue weighted by Crippen LogP contribution is 2.15. The van der Waals surface area contributed by atoms with Gasteiger partial charge < -0.3 is 10.8 Å². The largest absolute Gasteiger partial charge is 0.511 e. The summed E-state index contributed by atoms with van der Waals surface area (Å²) in [6, 6.07) is 0. The van der Waals surface area contributed by atoms with Gasteiger partial charge in [-0.2, -0.15) is 0 Å². The van der Waals surface area contributed by atoms with E-state index in [2.05, 4.69) is 6.92 Å². The maximum Gasteiger partial charge on any atom is 0.108 e. The fourth-order valence-corrected chi connectivity index (χ4v) is 3.47. The van der Waals surface area contributed by atoms with Gasteiger partial charge in [-0.25, -0.2) is 0 Å². The summed E-state index contributed by atoms with van der Waals surface area (Å²) in [5, 5.41) is 9.24. The van der Waals surface area contributed by atoms with Crippen LogP contribution in [-0.2, 0) is 0 Å². The third-order valence-corrected chi connectivity index (χ3v) is 5.23. The molecule has 0 aromatic rings. The van der Waals surface area contributed by atoms with E-state index in [1.54, 1.807) is 0 Å². The number of hydrogen-bond acceptors (Lipinski definition) is 2. The zero-order chi connectivity index (χ0) is 18.4. The number of hydrogen-bond donors (Lipinski definition) is 2. The van der Waals surface area contributed by atoms with E-state index in [0.717, 1.165) is 12.8 Å². The molecule has 2 nitrogen and oxygen atoms in total. The normalized spacial score (nSPS) is 12.0. The molecule has 2 heteroatoms. The van der Waals surface area contributed by atoms with Crippen molar-refractivity contribution in [3.63, 3.8) is 0 Å². The molecule has 0 heterocycles. The Bertz CT molecular complexity index is 275. The lowest BCUT2D eigenvalue weighted by molar-refractivity contribution is 0.378. The zero-order valence-electron chi connectivity index (χ0n) is 17.2. The van der Waals surface area contributed by atoms with Gasteiger partial charge in [0.25, 0.3) is 0 Å². The fraction of sp³-hybridized carbons (Fsp3) is 0.913. The molecule has 0 radical (unpaired) electrons. The highest BCUT2D eigenvalue weighted by atomic mass is 16.3. The van der Waals surface area contributed by atoms with Crippen LogP contribution < -0.4 is 5.73 Å². The first-order valence-electron chi connectivity index (χ1n) is 11.4. The number of allylic oxidation sites excluding steroid dienone is 1. The molecule has 0 saturated carbocycles. The SMILES string of the molecule is CCCCCCCCCCCCCCCCCCCCCC(O)=CN. The molecule has 25 heavy (non-hydrogen) atoms. The van der Waals surface area contributed by atoms with Gasteiger partial charge in [-0.05, 0) is 6.42 Å². The van der Waals surface area contributed by atoms with Gasteiger partial charge in [-0.15, -0.1) is 0 Å². The molecule has 0 bridgehead atoms. The molecule has 0 saturated heterocycles. The summed E-state index contributed by atoms with van der Waals surface area (Å²) < 4.78 is 0. The van der Waals surface area contributed by atoms with E-state index >= 15 is 0 Å². The Morgan fingerprint density at radius 1 is 0.560 bits per heavy atom. The smallest absolute Gasteiger partial charge is 0.108 e. The van der Waals surface area contributed by atoms with Gasteiger partial charge in [-0.1, -0.05) is 122 Å². The predicted octanol–water partition coefficient (Wildman–Crippen LogP) is 8.17. The molecule has 0 rings (SSSR count). The second kappa shape index (κ2) is 21.4. The molecule has 0 atom stereocenters. The van der Waals surface area contributed by atoms with Crippen LogP contribution >= 0.6 is 0 Å². The summed E-state index contributed by atoms with van der Waals surface area (Å²) >= 11 is 0. The molecule has 150 valence electrons. The Kier molecular flexibility index (Phi) is 20.8. The van der Waals surface area contributed by atoms with Crippen LogP contribution in [0.5, 0.6) is 0 Å². The van der Waals surface area contributed by atoms with Gasteiger partial charge in [-0.3, -0.25) is 0 Å². The zero-order valence-corrected chi connectivity index (χ0v) is 17.2. The molecule has 0 spiro atoms. The van der Waals surface area contributed by atoms with Gasteiger partial charge in [0, 0.05) is 12.6 Å². The summed E-state index contributed by atoms with van der Waals surface area (Å²) in [5.74, 6) is 0.340. The van der Waals surface area contributed by atoms with Crippen molar-refractivity contribution in [2.75, 3.05) is 0 Å². The number of aliphatic hydroxyl groups is 1. The Balaban J connectivity index is 3.00. The molecular weight excluding hydrogens is 306 g/mol. The van der Waals surface area contributed by atoms with E-state index in [1.807, 2.05) is 0 Å². The number of unbranched alkanes of at least 4 members (excludes halogenated alkanes) is 18. The van der Waals surface area contributed by atoms with Crippen molar-refractivity contribution >= 4 is 0 Å². The van der Waals surface area contributed by atoms with E-state index in [9.17, 15) is 5.11 Å². The van der Waals surface area contributed by atoms with E-state index < -0.39 is 0 Å². The third-order valence-electron chi connectivity index (χ3n) is 5.23. The summed E-state index contributed by atoms with van der Waals surface area (Å²) in [4.78, 5) is 0. The first-order chi connectivity index (χ1) is 12.3. The van der Waals surface area contributed by atoms with E-state index in [4.69, 9.17) is 5.73 Å². The van der Waals surface area contributed by atoms with Crippen molar-refractivity contribution in [1.29, 1.82) is 0 Å². The van der Waals surface area contributed by atoms with Crippen LogP contribution in [0.1, 0.15) is 135 Å². The fourth-order valence-electron chi connectivity index (χ4n) is 3.47. The predicted molar refractivity (Wildman–Crippen MR) is 113 cm³/mol. The van der Waals surface area contributed by atoms with Crippen LogP contribution in [-0.4, -0.2) is 5.11 Å². The second-order valence-corrected chi connectivity index (χ2v) is 7.77. The Morgan fingerprint density at radius 3 is 1.12 bits per heavy atom. The molecule has 0 fully saturated rings. The topological polar surface area (TPSA) is 46.2 Å². The minimum Gasteiger partial charge on any atom is -0.511 e. The Morgan fingerprint density at radius 2 is 0.840 bits per heavy atom. The Hall–Kier alpha value is -0.660. The maximum atomic E-state index is 9.24. The van der Waals surface area contributed by atoms with Crippen LogP contribution in [0.3, 0.4) is 0 Å². The lowest BCUT2D eigenvalue weighted by atomic mass is 10.0. The lowest BCUT2D eigenvalue weighted by Gasteiger charge is -2.04. The van der Waals surface area contributed by atoms with E-state index in [0.29, 0.717) is 5.76 Å². The van der Waals surface area contributed by atoms with Crippen molar-refractivity contribution in [2.45, 2.75) is 135 Å². The highest BCUT2D eigenvalue weighted by molar-refractivity contribution is 4.85. The molecule has 0 aromatic carbocycles. The lowest BCUT2D eigenvalue weighted by Crippen LogP contribution is -1.88. The highest BCUT2D eigenvalue weighted by Gasteiger charge is 1.96. The van der Waals surface area contributed by atoms with Crippen molar-refractivity contribution < 1.29 is 5.11 Å².